The lowest BCUT2D eigenvalue weighted by molar-refractivity contribution is -0.384. The highest BCUT2D eigenvalue weighted by molar-refractivity contribution is 7.07. The summed E-state index contributed by atoms with van der Waals surface area (Å²) in [6, 6.07) is 17.8. The fourth-order valence-corrected chi connectivity index (χ4v) is 5.90. The van der Waals surface area contributed by atoms with Crippen molar-refractivity contribution < 1.29 is 28.7 Å². The first-order valence-electron chi connectivity index (χ1n) is 13.6. The van der Waals surface area contributed by atoms with Gasteiger partial charge in [-0.3, -0.25) is 19.5 Å². The molecule has 0 spiro atoms. The molecule has 0 radical (unpaired) electrons. The van der Waals surface area contributed by atoms with Gasteiger partial charge < -0.3 is 18.9 Å². The number of ether oxygens (including phenoxy) is 4. The number of rotatable bonds is 10. The van der Waals surface area contributed by atoms with E-state index < -0.39 is 16.9 Å². The van der Waals surface area contributed by atoms with Gasteiger partial charge in [0.05, 0.1) is 47.6 Å². The highest BCUT2D eigenvalue weighted by Gasteiger charge is 2.34. The first-order chi connectivity index (χ1) is 21.2. The highest BCUT2D eigenvalue weighted by Crippen LogP contribution is 2.36. The summed E-state index contributed by atoms with van der Waals surface area (Å²) in [7, 11) is 3.05. The number of nitrogens with zero attached hydrogens (tertiary/aromatic N) is 3. The van der Waals surface area contributed by atoms with Crippen LogP contribution in [0.1, 0.15) is 36.6 Å². The maximum absolute atomic E-state index is 14.0. The number of carbonyl (C=O) groups is 1. The van der Waals surface area contributed by atoms with Crippen LogP contribution in [0.25, 0.3) is 6.08 Å². The zero-order valence-electron chi connectivity index (χ0n) is 24.4. The van der Waals surface area contributed by atoms with E-state index in [0.717, 1.165) is 11.1 Å². The number of benzene rings is 3. The number of nitro groups is 1. The molecule has 1 aromatic heterocycles. The number of nitro benzene ring substituents is 1. The Hall–Kier alpha value is -5.23. The van der Waals surface area contributed by atoms with Crippen molar-refractivity contribution in [2.24, 2.45) is 4.99 Å². The number of fused-ring (bicyclic) bond motifs is 1. The lowest BCUT2D eigenvalue weighted by atomic mass is 9.95. The Morgan fingerprint density at radius 3 is 2.50 bits per heavy atom. The molecule has 5 rings (SSSR count). The molecule has 0 amide bonds. The molecular weight excluding hydrogens is 586 g/mol. The molecule has 1 aliphatic rings. The maximum Gasteiger partial charge on any atom is 0.338 e. The zero-order chi connectivity index (χ0) is 31.4. The summed E-state index contributed by atoms with van der Waals surface area (Å²) in [5, 5.41) is 10.9. The van der Waals surface area contributed by atoms with Crippen LogP contribution in [0.3, 0.4) is 0 Å². The minimum atomic E-state index is -0.802. The SMILES string of the molecule is CCOC(=O)C1=C(C)N=c2s/c(=C\c3cccc(OCc4ccc([N+](=O)[O-])cc4)c3)c(=O)n2[C@@H]1c1ccc(OC)c(OC)c1. The molecule has 0 unspecified atom stereocenters. The van der Waals surface area contributed by atoms with Crippen LogP contribution in [-0.4, -0.2) is 36.3 Å². The fourth-order valence-electron chi connectivity index (χ4n) is 4.86. The summed E-state index contributed by atoms with van der Waals surface area (Å²) >= 11 is 1.21. The Morgan fingerprint density at radius 1 is 1.07 bits per heavy atom. The summed E-state index contributed by atoms with van der Waals surface area (Å²) in [5.74, 6) is 0.975. The van der Waals surface area contributed by atoms with Crippen molar-refractivity contribution in [2.45, 2.75) is 26.5 Å². The molecule has 11 nitrogen and oxygen atoms in total. The van der Waals surface area contributed by atoms with Gasteiger partial charge in [-0.1, -0.05) is 29.5 Å². The van der Waals surface area contributed by atoms with Gasteiger partial charge in [0.1, 0.15) is 12.4 Å². The van der Waals surface area contributed by atoms with Crippen LogP contribution in [-0.2, 0) is 16.1 Å². The number of aromatic nitrogens is 1. The first kappa shape index (κ1) is 30.2. The second-order valence-corrected chi connectivity index (χ2v) is 10.7. The molecule has 2 heterocycles. The number of allylic oxidation sites excluding steroid dienone is 1. The van der Waals surface area contributed by atoms with Crippen molar-refractivity contribution in [2.75, 3.05) is 20.8 Å². The number of esters is 1. The van der Waals surface area contributed by atoms with Crippen molar-refractivity contribution >= 4 is 29.1 Å². The molecule has 0 saturated heterocycles. The van der Waals surface area contributed by atoms with E-state index in [1.165, 1.54) is 42.3 Å². The van der Waals surface area contributed by atoms with Crippen molar-refractivity contribution in [1.82, 2.24) is 4.57 Å². The van der Waals surface area contributed by atoms with Gasteiger partial charge in [-0.25, -0.2) is 9.79 Å². The van der Waals surface area contributed by atoms with Gasteiger partial charge in [-0.05, 0) is 73.0 Å². The van der Waals surface area contributed by atoms with E-state index in [0.29, 0.717) is 37.8 Å². The second kappa shape index (κ2) is 13.0. The molecule has 4 aromatic rings. The third-order valence-electron chi connectivity index (χ3n) is 6.95. The second-order valence-electron chi connectivity index (χ2n) is 9.70. The smallest absolute Gasteiger partial charge is 0.338 e. The standard InChI is InChI=1S/C32H29N3O8S/c1-5-42-31(37)28-19(2)33-32-34(29(28)22-11-14-25(40-3)26(17-22)41-4)30(36)27(44-32)16-21-7-6-8-24(15-21)43-18-20-9-12-23(13-10-20)35(38)39/h6-17,29H,5,18H2,1-4H3/b27-16-/t29-/m1/s1. The van der Waals surface area contributed by atoms with Crippen LogP contribution < -0.4 is 29.1 Å². The molecule has 0 aliphatic carbocycles. The molecule has 0 fully saturated rings. The number of thiazole rings is 1. The monoisotopic (exact) mass is 615 g/mol. The van der Waals surface area contributed by atoms with Crippen molar-refractivity contribution in [3.05, 3.63) is 124 Å². The van der Waals surface area contributed by atoms with Crippen LogP contribution >= 0.6 is 11.3 Å². The lowest BCUT2D eigenvalue weighted by Crippen LogP contribution is -2.39. The van der Waals surface area contributed by atoms with Crippen LogP contribution in [0.5, 0.6) is 17.2 Å². The molecule has 0 N–H and O–H groups in total. The van der Waals surface area contributed by atoms with Crippen LogP contribution in [0.15, 0.2) is 87.8 Å². The minimum Gasteiger partial charge on any atom is -0.493 e. The van der Waals surface area contributed by atoms with Gasteiger partial charge in [0.15, 0.2) is 16.3 Å². The summed E-state index contributed by atoms with van der Waals surface area (Å²) in [5.41, 5.74) is 2.54. The van der Waals surface area contributed by atoms with Gasteiger partial charge in [0.2, 0.25) is 0 Å². The van der Waals surface area contributed by atoms with Gasteiger partial charge in [0, 0.05) is 12.1 Å². The van der Waals surface area contributed by atoms with Gasteiger partial charge in [-0.2, -0.15) is 0 Å². The molecule has 1 aliphatic heterocycles. The zero-order valence-corrected chi connectivity index (χ0v) is 25.3. The van der Waals surface area contributed by atoms with Crippen molar-refractivity contribution in [1.29, 1.82) is 0 Å². The molecule has 226 valence electrons. The Balaban J connectivity index is 1.53. The van der Waals surface area contributed by atoms with E-state index in [9.17, 15) is 19.7 Å². The Kier molecular flexibility index (Phi) is 8.91. The van der Waals surface area contributed by atoms with E-state index in [1.807, 2.05) is 12.1 Å². The van der Waals surface area contributed by atoms with Gasteiger partial charge in [0.25, 0.3) is 11.2 Å². The van der Waals surface area contributed by atoms with Crippen LogP contribution in [0.4, 0.5) is 5.69 Å². The van der Waals surface area contributed by atoms with Crippen molar-refractivity contribution in [3.63, 3.8) is 0 Å². The summed E-state index contributed by atoms with van der Waals surface area (Å²) in [6.45, 7) is 3.83. The molecule has 44 heavy (non-hydrogen) atoms. The van der Waals surface area contributed by atoms with Gasteiger partial charge >= 0.3 is 5.97 Å². The Labute approximate surface area is 256 Å². The molecule has 12 heteroatoms. The van der Waals surface area contributed by atoms with E-state index in [-0.39, 0.29) is 30.0 Å². The molecule has 0 bridgehead atoms. The first-order valence-corrected chi connectivity index (χ1v) is 14.4. The van der Waals surface area contributed by atoms with Crippen LogP contribution in [0.2, 0.25) is 0 Å². The number of carbonyl (C=O) groups excluding carboxylic acids is 1. The minimum absolute atomic E-state index is 0.00940. The summed E-state index contributed by atoms with van der Waals surface area (Å²) in [4.78, 5) is 42.6. The summed E-state index contributed by atoms with van der Waals surface area (Å²) in [6.07, 6.45) is 1.75. The predicted octanol–water partition coefficient (Wildman–Crippen LogP) is 4.30. The third kappa shape index (κ3) is 6.11. The average molecular weight is 616 g/mol. The van der Waals surface area contributed by atoms with E-state index in [2.05, 4.69) is 4.99 Å². The quantitative estimate of drug-likeness (QED) is 0.147. The number of methoxy groups -OCH3 is 2. The normalized spacial score (nSPS) is 14.5. The Bertz CT molecular complexity index is 1940. The predicted molar refractivity (Wildman–Crippen MR) is 164 cm³/mol. The Morgan fingerprint density at radius 2 is 1.82 bits per heavy atom. The van der Waals surface area contributed by atoms with E-state index in [1.54, 1.807) is 62.4 Å². The highest BCUT2D eigenvalue weighted by atomic mass is 32.1. The molecule has 3 aromatic carbocycles. The topological polar surface area (TPSA) is 131 Å². The van der Waals surface area contributed by atoms with E-state index >= 15 is 0 Å². The molecular formula is C32H29N3O8S. The molecule has 1 atom stereocenters. The maximum atomic E-state index is 14.0. The van der Waals surface area contributed by atoms with Crippen LogP contribution in [0, 0.1) is 10.1 Å². The number of hydrogen-bond acceptors (Lipinski definition) is 10. The lowest BCUT2D eigenvalue weighted by Gasteiger charge is -2.25. The van der Waals surface area contributed by atoms with E-state index in [4.69, 9.17) is 18.9 Å². The third-order valence-corrected chi connectivity index (χ3v) is 7.93. The number of hydrogen-bond donors (Lipinski definition) is 0. The summed E-state index contributed by atoms with van der Waals surface area (Å²) < 4.78 is 24.1. The number of non-ortho nitro benzene ring substituents is 1. The van der Waals surface area contributed by atoms with Crippen molar-refractivity contribution in [3.8, 4) is 17.2 Å². The largest absolute Gasteiger partial charge is 0.493 e. The fraction of sp³-hybridized carbons (Fsp3) is 0.219. The van der Waals surface area contributed by atoms with Gasteiger partial charge in [-0.15, -0.1) is 0 Å². The average Bonchev–Trinajstić information content (AvgIpc) is 3.33. The molecule has 0 saturated carbocycles.